The summed E-state index contributed by atoms with van der Waals surface area (Å²) in [5.74, 6) is -0.445. The molecule has 6 nitrogen and oxygen atoms in total. The van der Waals surface area contributed by atoms with Crippen LogP contribution in [0.5, 0.6) is 5.75 Å². The minimum absolute atomic E-state index is 0.126. The molecule has 0 atom stereocenters. The molecule has 0 amide bonds. The van der Waals surface area contributed by atoms with E-state index in [1.165, 1.54) is 22.4 Å². The van der Waals surface area contributed by atoms with Crippen LogP contribution >= 0.6 is 0 Å². The molecule has 192 valence electrons. The van der Waals surface area contributed by atoms with Crippen molar-refractivity contribution in [3.8, 4) is 5.75 Å². The van der Waals surface area contributed by atoms with Crippen molar-refractivity contribution in [1.29, 1.82) is 0 Å². The topological polar surface area (TPSA) is 69.8 Å². The molecule has 0 aliphatic carbocycles. The van der Waals surface area contributed by atoms with E-state index in [1.807, 2.05) is 18.2 Å². The third-order valence-electron chi connectivity index (χ3n) is 8.15. The number of benzene rings is 2. The molecule has 2 aromatic rings. The van der Waals surface area contributed by atoms with Gasteiger partial charge in [-0.1, -0.05) is 45.9 Å². The van der Waals surface area contributed by atoms with Gasteiger partial charge in [0.05, 0.1) is 6.42 Å². The second-order valence-corrected chi connectivity index (χ2v) is 11.6. The summed E-state index contributed by atoms with van der Waals surface area (Å²) < 4.78 is 6.77. The smallest absolute Gasteiger partial charge is 0.370 e. The number of hydrogen-bond acceptors (Lipinski definition) is 4. The van der Waals surface area contributed by atoms with Crippen LogP contribution in [0.2, 0.25) is 0 Å². The van der Waals surface area contributed by atoms with Crippen LogP contribution in [0.1, 0.15) is 62.8 Å². The first-order chi connectivity index (χ1) is 17.6. The van der Waals surface area contributed by atoms with E-state index in [0.29, 0.717) is 18.6 Å². The average Bonchev–Trinajstić information content (AvgIpc) is 3.16. The number of carbonyl (C=O) groups excluding carboxylic acids is 1. The summed E-state index contributed by atoms with van der Waals surface area (Å²) in [6, 6.07) is 9.97. The minimum Gasteiger partial charge on any atom is -0.477 e. The summed E-state index contributed by atoms with van der Waals surface area (Å²) in [6.45, 7) is 11.9. The molecule has 3 aliphatic rings. The van der Waals surface area contributed by atoms with Gasteiger partial charge in [0.25, 0.3) is 6.47 Å². The van der Waals surface area contributed by atoms with E-state index in [4.69, 9.17) is 4.74 Å². The lowest BCUT2D eigenvalue weighted by atomic mass is 9.69. The van der Waals surface area contributed by atoms with E-state index in [0.717, 1.165) is 42.9 Å². The Morgan fingerprint density at radius 1 is 1.03 bits per heavy atom. The largest absolute Gasteiger partial charge is 0.477 e. The fraction of sp³-hybridized carbons (Fsp3) is 0.387. The second kappa shape index (κ2) is 9.33. The van der Waals surface area contributed by atoms with Crippen LogP contribution in [0.25, 0.3) is 6.08 Å². The summed E-state index contributed by atoms with van der Waals surface area (Å²) in [4.78, 5) is 24.8. The average molecular weight is 500 g/mol. The third kappa shape index (κ3) is 4.73. The van der Waals surface area contributed by atoms with Crippen LogP contribution < -0.4 is 9.64 Å². The van der Waals surface area contributed by atoms with Gasteiger partial charge in [0, 0.05) is 36.5 Å². The molecule has 0 radical (unpaired) electrons. The van der Waals surface area contributed by atoms with Crippen molar-refractivity contribution in [3.05, 3.63) is 70.8 Å². The Morgan fingerprint density at radius 2 is 1.68 bits per heavy atom. The number of carboxylic acid groups (broad SMARTS) is 1. The van der Waals surface area contributed by atoms with Crippen molar-refractivity contribution in [2.24, 2.45) is 0 Å². The highest BCUT2D eigenvalue weighted by atomic mass is 16.5. The Labute approximate surface area is 218 Å². The van der Waals surface area contributed by atoms with Crippen LogP contribution in [0.4, 0.5) is 11.4 Å². The summed E-state index contributed by atoms with van der Waals surface area (Å²) in [6.07, 6.45) is 11.0. The molecule has 0 bridgehead atoms. The normalized spacial score (nSPS) is 19.3. The number of allylic oxidation sites excluding steroid dienone is 3. The van der Waals surface area contributed by atoms with E-state index in [1.54, 1.807) is 22.8 Å². The summed E-state index contributed by atoms with van der Waals surface area (Å²) >= 11 is 0. The highest BCUT2D eigenvalue weighted by Crippen LogP contribution is 2.49. The highest BCUT2D eigenvalue weighted by molar-refractivity contribution is 5.97. The Balaban J connectivity index is 1.44. The first kappa shape index (κ1) is 25.0. The maximum Gasteiger partial charge on any atom is 0.370 e. The van der Waals surface area contributed by atoms with Crippen LogP contribution in [0.15, 0.2) is 48.6 Å². The maximum atomic E-state index is 11.5. The molecule has 0 unspecified atom stereocenters. The SMILES string of the molecule is CC1(C)CCN2CCC(C)(C)c3cc(/C=C/C=C/C4=[N+](CC(=O)O)c5ccc(OC=O)cc5C4)cc1c32. The first-order valence-electron chi connectivity index (χ1n) is 13.0. The molecular formula is C31H35N2O4+. The molecule has 37 heavy (non-hydrogen) atoms. The van der Waals surface area contributed by atoms with Crippen LogP contribution in [0.3, 0.4) is 0 Å². The Hall–Kier alpha value is -3.67. The van der Waals surface area contributed by atoms with E-state index >= 15 is 0 Å². The van der Waals surface area contributed by atoms with E-state index < -0.39 is 5.97 Å². The predicted molar refractivity (Wildman–Crippen MR) is 146 cm³/mol. The number of aliphatic carboxylic acids is 1. The predicted octanol–water partition coefficient (Wildman–Crippen LogP) is 5.39. The zero-order valence-corrected chi connectivity index (χ0v) is 22.1. The monoisotopic (exact) mass is 499 g/mol. The third-order valence-corrected chi connectivity index (χ3v) is 8.15. The summed E-state index contributed by atoms with van der Waals surface area (Å²) in [5.41, 5.74) is 8.46. The molecular weight excluding hydrogens is 464 g/mol. The van der Waals surface area contributed by atoms with Gasteiger partial charge in [-0.15, -0.1) is 0 Å². The molecule has 2 aromatic carbocycles. The molecule has 0 spiro atoms. The van der Waals surface area contributed by atoms with E-state index in [-0.39, 0.29) is 17.4 Å². The maximum absolute atomic E-state index is 11.5. The van der Waals surface area contributed by atoms with E-state index in [9.17, 15) is 14.7 Å². The Kier molecular flexibility index (Phi) is 6.30. The number of fused-ring (bicyclic) bond motifs is 1. The molecule has 6 heteroatoms. The molecule has 3 heterocycles. The van der Waals surface area contributed by atoms with Crippen molar-refractivity contribution in [2.75, 3.05) is 24.5 Å². The molecule has 5 rings (SSSR count). The minimum atomic E-state index is -0.898. The van der Waals surface area contributed by atoms with Gasteiger partial charge < -0.3 is 14.7 Å². The Bertz CT molecular complexity index is 1320. The lowest BCUT2D eigenvalue weighted by Crippen LogP contribution is -2.44. The zero-order valence-electron chi connectivity index (χ0n) is 22.1. The van der Waals surface area contributed by atoms with Crippen LogP contribution in [0, 0.1) is 0 Å². The van der Waals surface area contributed by atoms with Gasteiger partial charge in [0.2, 0.25) is 12.2 Å². The van der Waals surface area contributed by atoms with Crippen LogP contribution in [-0.2, 0) is 26.8 Å². The first-order valence-corrected chi connectivity index (χ1v) is 13.0. The van der Waals surface area contributed by atoms with Gasteiger partial charge >= 0.3 is 5.97 Å². The van der Waals surface area contributed by atoms with Crippen molar-refractivity contribution >= 4 is 35.6 Å². The van der Waals surface area contributed by atoms with Crippen molar-refractivity contribution in [3.63, 3.8) is 0 Å². The lowest BCUT2D eigenvalue weighted by molar-refractivity contribution is -0.427. The van der Waals surface area contributed by atoms with Gasteiger partial charge in [-0.3, -0.25) is 4.79 Å². The number of rotatable bonds is 7. The molecule has 0 aromatic heterocycles. The number of anilines is 1. The summed E-state index contributed by atoms with van der Waals surface area (Å²) in [5, 5.41) is 9.46. The number of carbonyl (C=O) groups is 2. The van der Waals surface area contributed by atoms with Crippen molar-refractivity contribution in [1.82, 2.24) is 0 Å². The second-order valence-electron chi connectivity index (χ2n) is 11.6. The number of hydrogen-bond donors (Lipinski definition) is 1. The Morgan fingerprint density at radius 3 is 2.30 bits per heavy atom. The van der Waals surface area contributed by atoms with Gasteiger partial charge in [-0.2, -0.15) is 4.58 Å². The summed E-state index contributed by atoms with van der Waals surface area (Å²) in [7, 11) is 0. The van der Waals surface area contributed by atoms with Gasteiger partial charge in [-0.25, -0.2) is 4.79 Å². The quantitative estimate of drug-likeness (QED) is 0.314. The van der Waals surface area contributed by atoms with Crippen molar-refractivity contribution in [2.45, 2.75) is 57.8 Å². The van der Waals surface area contributed by atoms with Crippen LogP contribution in [-0.4, -0.2) is 47.5 Å². The van der Waals surface area contributed by atoms with Gasteiger partial charge in [0.15, 0.2) is 5.71 Å². The fourth-order valence-corrected chi connectivity index (χ4v) is 5.90. The van der Waals surface area contributed by atoms with Gasteiger partial charge in [-0.05, 0) is 64.6 Å². The van der Waals surface area contributed by atoms with Gasteiger partial charge in [0.1, 0.15) is 5.75 Å². The fourth-order valence-electron chi connectivity index (χ4n) is 5.90. The number of ether oxygens (including phenoxy) is 1. The molecule has 0 saturated carbocycles. The molecule has 0 fully saturated rings. The highest BCUT2D eigenvalue weighted by Gasteiger charge is 2.39. The molecule has 1 N–H and O–H groups in total. The van der Waals surface area contributed by atoms with Crippen molar-refractivity contribution < 1.29 is 24.0 Å². The molecule has 3 aliphatic heterocycles. The standard InChI is InChI=1S/C31H34N2O4/c1-30(2)11-13-32-14-12-31(3,4)26-16-21(15-25(30)29(26)32)7-5-6-8-23-17-22-18-24(37-20-34)9-10-27(22)33(23)19-28(35)36/h5-10,15-16,18,20H,11-14,17,19H2,1-4H3/p+1. The number of nitrogens with zero attached hydrogens (tertiary/aromatic N) is 2. The number of carboxylic acids is 1. The molecule has 0 saturated heterocycles. The van der Waals surface area contributed by atoms with E-state index in [2.05, 4.69) is 50.8 Å². The lowest BCUT2D eigenvalue weighted by Gasteiger charge is -2.48. The zero-order chi connectivity index (χ0) is 26.4.